The zero-order chi connectivity index (χ0) is 7.28. The Bertz CT molecular complexity index is 153. The molecule has 0 heterocycles. The van der Waals surface area contributed by atoms with Crippen LogP contribution in [-0.4, -0.2) is 4.86 Å². The summed E-state index contributed by atoms with van der Waals surface area (Å²) >= 11 is 4.83. The van der Waals surface area contributed by atoms with Crippen LogP contribution in [0.1, 0.15) is 6.92 Å². The Kier molecular flexibility index (Phi) is 3.89. The van der Waals surface area contributed by atoms with Gasteiger partial charge >= 0.3 is 0 Å². The Morgan fingerprint density at radius 1 is 1.33 bits per heavy atom. The molecule has 0 saturated carbocycles. The van der Waals surface area contributed by atoms with E-state index in [-0.39, 0.29) is 0 Å². The molecule has 0 aliphatic carbocycles. The molecule has 0 amide bonds. The lowest BCUT2D eigenvalue weighted by atomic mass is 10.2. The van der Waals surface area contributed by atoms with Gasteiger partial charge < -0.3 is 0 Å². The summed E-state index contributed by atoms with van der Waals surface area (Å²) in [7, 11) is 0. The Hall–Kier alpha value is -0.690. The molecule has 0 nitrogen and oxygen atoms in total. The summed E-state index contributed by atoms with van der Waals surface area (Å²) in [6.45, 7) is 9.03. The molecule has 0 radical (unpaired) electrons. The Balaban J connectivity index is 4.24. The molecule has 0 spiro atoms. The topological polar surface area (TPSA) is 0 Å². The van der Waals surface area contributed by atoms with E-state index in [1.165, 1.54) is 0 Å². The van der Waals surface area contributed by atoms with Crippen LogP contribution in [0.5, 0.6) is 0 Å². The molecular weight excluding hydrogens is 128 g/mol. The number of thiocarbonyl (C=S) groups is 1. The van der Waals surface area contributed by atoms with Crippen molar-refractivity contribution >= 4 is 17.1 Å². The largest absolute Gasteiger partial charge is 0.0985 e. The Morgan fingerprint density at radius 3 is 1.89 bits per heavy atom. The van der Waals surface area contributed by atoms with E-state index in [9.17, 15) is 0 Å². The van der Waals surface area contributed by atoms with Crippen molar-refractivity contribution < 1.29 is 0 Å². The van der Waals surface area contributed by atoms with Crippen LogP contribution in [0.3, 0.4) is 0 Å². The van der Waals surface area contributed by atoms with Crippen LogP contribution in [0.4, 0.5) is 0 Å². The first-order valence-corrected chi connectivity index (χ1v) is 3.08. The zero-order valence-electron chi connectivity index (χ0n) is 5.55. The van der Waals surface area contributed by atoms with Gasteiger partial charge in [-0.05, 0) is 18.6 Å². The van der Waals surface area contributed by atoms with Gasteiger partial charge in [0, 0.05) is 4.86 Å². The van der Waals surface area contributed by atoms with Gasteiger partial charge in [-0.1, -0.05) is 37.5 Å². The van der Waals surface area contributed by atoms with E-state index in [1.807, 2.05) is 13.0 Å². The van der Waals surface area contributed by atoms with E-state index in [2.05, 4.69) is 13.2 Å². The van der Waals surface area contributed by atoms with Crippen molar-refractivity contribution in [3.05, 3.63) is 37.0 Å². The molecule has 0 aromatic carbocycles. The molecule has 0 atom stereocenters. The third-order valence-electron chi connectivity index (χ3n) is 0.841. The highest BCUT2D eigenvalue weighted by Crippen LogP contribution is 1.96. The molecule has 0 fully saturated rings. The van der Waals surface area contributed by atoms with Gasteiger partial charge in [-0.15, -0.1) is 0 Å². The molecule has 0 N–H and O–H groups in total. The van der Waals surface area contributed by atoms with Gasteiger partial charge in [-0.3, -0.25) is 0 Å². The molecular formula is C8H10S. The van der Waals surface area contributed by atoms with Gasteiger partial charge in [0.2, 0.25) is 0 Å². The van der Waals surface area contributed by atoms with Crippen LogP contribution >= 0.6 is 12.2 Å². The summed E-state index contributed by atoms with van der Waals surface area (Å²) in [6, 6.07) is 0. The van der Waals surface area contributed by atoms with Gasteiger partial charge in [0.15, 0.2) is 0 Å². The van der Waals surface area contributed by atoms with E-state index < -0.39 is 0 Å². The Labute approximate surface area is 61.6 Å². The third-order valence-corrected chi connectivity index (χ3v) is 0.959. The minimum atomic E-state index is 0.852. The van der Waals surface area contributed by atoms with E-state index in [0.29, 0.717) is 0 Å². The second-order valence-corrected chi connectivity index (χ2v) is 2.31. The molecule has 0 saturated heterocycles. The number of hydrogen-bond donors (Lipinski definition) is 0. The average Bonchev–Trinajstić information content (AvgIpc) is 1.82. The highest BCUT2D eigenvalue weighted by atomic mass is 32.1. The van der Waals surface area contributed by atoms with E-state index in [4.69, 9.17) is 12.2 Å². The number of hydrogen-bond acceptors (Lipinski definition) is 1. The first kappa shape index (κ1) is 8.31. The first-order valence-electron chi connectivity index (χ1n) is 2.68. The monoisotopic (exact) mass is 138 g/mol. The first-order chi connectivity index (χ1) is 4.20. The van der Waals surface area contributed by atoms with Crippen molar-refractivity contribution in [3.8, 4) is 0 Å². The maximum atomic E-state index is 4.83. The van der Waals surface area contributed by atoms with Crippen molar-refractivity contribution in [1.82, 2.24) is 0 Å². The molecule has 0 aromatic rings. The minimum absolute atomic E-state index is 0.852. The van der Waals surface area contributed by atoms with Gasteiger partial charge in [0.1, 0.15) is 0 Å². The van der Waals surface area contributed by atoms with Crippen molar-refractivity contribution in [1.29, 1.82) is 0 Å². The van der Waals surface area contributed by atoms with Crippen LogP contribution in [0, 0.1) is 0 Å². The van der Waals surface area contributed by atoms with Crippen LogP contribution in [0.25, 0.3) is 0 Å². The fourth-order valence-corrected chi connectivity index (χ4v) is 0.572. The van der Waals surface area contributed by atoms with Crippen LogP contribution in [0.2, 0.25) is 0 Å². The standard InChI is InChI=1S/C8H10S/c1-4-8(5-2)6-7(3)9/h4-6H,1-2H2,3H3. The maximum Gasteiger partial charge on any atom is 0.0127 e. The predicted octanol–water partition coefficient (Wildman–Crippen LogP) is 2.67. The lowest BCUT2D eigenvalue weighted by Gasteiger charge is -1.88. The lowest BCUT2D eigenvalue weighted by Crippen LogP contribution is -1.78. The highest BCUT2D eigenvalue weighted by molar-refractivity contribution is 7.80. The van der Waals surface area contributed by atoms with Crippen molar-refractivity contribution in [2.45, 2.75) is 6.92 Å². The van der Waals surface area contributed by atoms with E-state index >= 15 is 0 Å². The minimum Gasteiger partial charge on any atom is -0.0985 e. The summed E-state index contributed by atoms with van der Waals surface area (Å²) < 4.78 is 0. The van der Waals surface area contributed by atoms with Crippen LogP contribution in [0.15, 0.2) is 37.0 Å². The molecule has 0 bridgehead atoms. The van der Waals surface area contributed by atoms with Crippen molar-refractivity contribution in [2.75, 3.05) is 0 Å². The normalized spacial score (nSPS) is 7.67. The summed E-state index contributed by atoms with van der Waals surface area (Å²) in [4.78, 5) is 0.852. The lowest BCUT2D eigenvalue weighted by molar-refractivity contribution is 1.75. The molecule has 0 aliphatic rings. The smallest absolute Gasteiger partial charge is 0.0127 e. The molecule has 0 aliphatic heterocycles. The molecule has 1 heteroatoms. The predicted molar refractivity (Wildman–Crippen MR) is 46.7 cm³/mol. The van der Waals surface area contributed by atoms with Crippen LogP contribution in [-0.2, 0) is 0 Å². The second-order valence-electron chi connectivity index (χ2n) is 1.66. The second kappa shape index (κ2) is 4.21. The molecule has 0 unspecified atom stereocenters. The average molecular weight is 138 g/mol. The third kappa shape index (κ3) is 3.86. The molecule has 48 valence electrons. The summed E-state index contributed by atoms with van der Waals surface area (Å²) in [5, 5.41) is 0. The maximum absolute atomic E-state index is 4.83. The SMILES string of the molecule is C=CC(C=C)=CC(C)=S. The van der Waals surface area contributed by atoms with Crippen molar-refractivity contribution in [3.63, 3.8) is 0 Å². The number of allylic oxidation sites excluding steroid dienone is 4. The fraction of sp³-hybridized carbons (Fsp3) is 0.125. The van der Waals surface area contributed by atoms with E-state index in [0.717, 1.165) is 10.4 Å². The fourth-order valence-electron chi connectivity index (χ4n) is 0.436. The Morgan fingerprint density at radius 2 is 1.78 bits per heavy atom. The summed E-state index contributed by atoms with van der Waals surface area (Å²) in [5.74, 6) is 0. The highest BCUT2D eigenvalue weighted by Gasteiger charge is 1.81. The summed E-state index contributed by atoms with van der Waals surface area (Å²) in [6.07, 6.45) is 5.31. The van der Waals surface area contributed by atoms with Gasteiger partial charge in [0.05, 0.1) is 0 Å². The van der Waals surface area contributed by atoms with Gasteiger partial charge in [-0.2, -0.15) is 0 Å². The van der Waals surface area contributed by atoms with Crippen LogP contribution < -0.4 is 0 Å². The van der Waals surface area contributed by atoms with Crippen molar-refractivity contribution in [2.24, 2.45) is 0 Å². The summed E-state index contributed by atoms with van der Waals surface area (Å²) in [5.41, 5.74) is 0.975. The molecule has 0 aromatic heterocycles. The molecule has 9 heavy (non-hydrogen) atoms. The van der Waals surface area contributed by atoms with E-state index in [1.54, 1.807) is 12.2 Å². The van der Waals surface area contributed by atoms with Gasteiger partial charge in [-0.25, -0.2) is 0 Å². The number of rotatable bonds is 3. The van der Waals surface area contributed by atoms with Gasteiger partial charge in [0.25, 0.3) is 0 Å². The quantitative estimate of drug-likeness (QED) is 0.328. The zero-order valence-corrected chi connectivity index (χ0v) is 6.37. The molecule has 0 rings (SSSR count).